The lowest BCUT2D eigenvalue weighted by Gasteiger charge is -2.19. The summed E-state index contributed by atoms with van der Waals surface area (Å²) in [6.07, 6.45) is 1.94. The van der Waals surface area contributed by atoms with E-state index >= 15 is 0 Å². The summed E-state index contributed by atoms with van der Waals surface area (Å²) in [5.74, 6) is 0.826. The second-order valence-corrected chi connectivity index (χ2v) is 7.57. The zero-order valence-corrected chi connectivity index (χ0v) is 17.7. The number of carbonyl (C=O) groups excluding carboxylic acids is 1. The number of benzene rings is 3. The van der Waals surface area contributed by atoms with E-state index in [0.717, 1.165) is 16.7 Å². The van der Waals surface area contributed by atoms with Crippen molar-refractivity contribution in [2.75, 3.05) is 5.32 Å². The number of nitrogens with one attached hydrogen (secondary N) is 1. The molecule has 0 saturated carbocycles. The Labute approximate surface area is 190 Å². The summed E-state index contributed by atoms with van der Waals surface area (Å²) >= 11 is 0. The van der Waals surface area contributed by atoms with Crippen LogP contribution < -0.4 is 5.32 Å². The Balaban J connectivity index is 1.40. The Morgan fingerprint density at radius 1 is 0.818 bits per heavy atom. The van der Waals surface area contributed by atoms with E-state index in [4.69, 9.17) is 8.94 Å². The lowest BCUT2D eigenvalue weighted by atomic mass is 9.90. The van der Waals surface area contributed by atoms with Crippen LogP contribution in [0.2, 0.25) is 0 Å². The molecule has 0 fully saturated rings. The van der Waals surface area contributed by atoms with Gasteiger partial charge in [0.05, 0.1) is 18.6 Å². The first-order valence-corrected chi connectivity index (χ1v) is 10.6. The van der Waals surface area contributed by atoms with Crippen molar-refractivity contribution in [2.45, 2.75) is 12.3 Å². The van der Waals surface area contributed by atoms with Gasteiger partial charge in [0.2, 0.25) is 17.6 Å². The van der Waals surface area contributed by atoms with Crippen molar-refractivity contribution in [3.05, 3.63) is 126 Å². The molecule has 1 N–H and O–H groups in total. The highest BCUT2D eigenvalue weighted by Gasteiger charge is 2.23. The van der Waals surface area contributed by atoms with Gasteiger partial charge in [-0.1, -0.05) is 84.0 Å². The molecular weight excluding hydrogens is 414 g/mol. The van der Waals surface area contributed by atoms with Gasteiger partial charge in [-0.25, -0.2) is 0 Å². The van der Waals surface area contributed by atoms with Crippen molar-refractivity contribution in [1.29, 1.82) is 0 Å². The molecule has 3 aromatic carbocycles. The van der Waals surface area contributed by atoms with Crippen LogP contribution in [0.15, 0.2) is 112 Å². The Morgan fingerprint density at radius 2 is 1.48 bits per heavy atom. The highest BCUT2D eigenvalue weighted by atomic mass is 16.5. The Kier molecular flexibility index (Phi) is 5.80. The summed E-state index contributed by atoms with van der Waals surface area (Å²) in [6.45, 7) is 0. The molecule has 5 rings (SSSR count). The normalized spacial score (nSPS) is 10.9. The third-order valence-electron chi connectivity index (χ3n) is 5.35. The van der Waals surface area contributed by atoms with E-state index in [2.05, 4.69) is 15.5 Å². The Morgan fingerprint density at radius 3 is 2.15 bits per heavy atom. The molecule has 0 saturated heterocycles. The molecule has 162 valence electrons. The van der Waals surface area contributed by atoms with E-state index in [1.165, 1.54) is 0 Å². The minimum Gasteiger partial charge on any atom is -0.461 e. The van der Waals surface area contributed by atoms with Crippen molar-refractivity contribution in [2.24, 2.45) is 0 Å². The molecule has 0 aliphatic carbocycles. The van der Waals surface area contributed by atoms with Crippen LogP contribution in [-0.4, -0.2) is 16.0 Å². The fourth-order valence-electron chi connectivity index (χ4n) is 3.78. The number of nitrogens with zero attached hydrogens (tertiary/aromatic N) is 2. The topological polar surface area (TPSA) is 81.2 Å². The average Bonchev–Trinajstić information content (AvgIpc) is 3.54. The largest absolute Gasteiger partial charge is 0.461 e. The van der Waals surface area contributed by atoms with Crippen molar-refractivity contribution < 1.29 is 13.7 Å². The number of anilines is 1. The van der Waals surface area contributed by atoms with Gasteiger partial charge < -0.3 is 14.3 Å². The second-order valence-electron chi connectivity index (χ2n) is 7.57. The molecule has 2 aromatic heterocycles. The lowest BCUT2D eigenvalue weighted by Crippen LogP contribution is -2.23. The van der Waals surface area contributed by atoms with Crippen LogP contribution in [0.4, 0.5) is 5.69 Å². The first-order valence-electron chi connectivity index (χ1n) is 10.6. The zero-order chi connectivity index (χ0) is 22.5. The number of aromatic nitrogens is 2. The SMILES string of the molecule is O=C(Nc1ccccc1Cc1nc(-c2ccco2)no1)C(c1ccccc1)c1ccccc1. The van der Waals surface area contributed by atoms with Crippen LogP contribution in [0.1, 0.15) is 28.5 Å². The monoisotopic (exact) mass is 435 g/mol. The van der Waals surface area contributed by atoms with Gasteiger partial charge in [-0.15, -0.1) is 0 Å². The van der Waals surface area contributed by atoms with Crippen molar-refractivity contribution in [3.8, 4) is 11.6 Å². The van der Waals surface area contributed by atoms with Gasteiger partial charge in [0, 0.05) is 5.69 Å². The summed E-state index contributed by atoms with van der Waals surface area (Å²) in [5.41, 5.74) is 3.44. The first kappa shape index (κ1) is 20.5. The predicted molar refractivity (Wildman–Crippen MR) is 125 cm³/mol. The minimum atomic E-state index is -0.436. The van der Waals surface area contributed by atoms with Crippen LogP contribution in [0.5, 0.6) is 0 Å². The first-order chi connectivity index (χ1) is 16.3. The summed E-state index contributed by atoms with van der Waals surface area (Å²) in [6, 6.07) is 30.7. The van der Waals surface area contributed by atoms with Gasteiger partial charge in [0.1, 0.15) is 0 Å². The number of para-hydroxylation sites is 1. The Hall–Kier alpha value is -4.45. The molecule has 0 bridgehead atoms. The molecule has 1 amide bonds. The number of furan rings is 1. The number of rotatable bonds is 7. The Bertz CT molecular complexity index is 1290. The molecule has 6 heteroatoms. The van der Waals surface area contributed by atoms with Gasteiger partial charge in [-0.05, 0) is 34.9 Å². The van der Waals surface area contributed by atoms with Gasteiger partial charge in [-0.2, -0.15) is 4.98 Å². The maximum absolute atomic E-state index is 13.5. The maximum atomic E-state index is 13.5. The van der Waals surface area contributed by atoms with Gasteiger partial charge in [0.15, 0.2) is 5.76 Å². The molecule has 33 heavy (non-hydrogen) atoms. The number of carbonyl (C=O) groups is 1. The molecule has 0 unspecified atom stereocenters. The lowest BCUT2D eigenvalue weighted by molar-refractivity contribution is -0.116. The van der Waals surface area contributed by atoms with E-state index in [1.807, 2.05) is 84.9 Å². The van der Waals surface area contributed by atoms with E-state index in [9.17, 15) is 4.79 Å². The van der Waals surface area contributed by atoms with Crippen LogP contribution >= 0.6 is 0 Å². The van der Waals surface area contributed by atoms with Crippen molar-refractivity contribution >= 4 is 11.6 Å². The van der Waals surface area contributed by atoms with E-state index in [0.29, 0.717) is 29.6 Å². The van der Waals surface area contributed by atoms with E-state index < -0.39 is 5.92 Å². The van der Waals surface area contributed by atoms with Crippen LogP contribution in [0, 0.1) is 0 Å². The number of hydrogen-bond acceptors (Lipinski definition) is 5. The summed E-state index contributed by atoms with van der Waals surface area (Å²) in [7, 11) is 0. The maximum Gasteiger partial charge on any atom is 0.238 e. The quantitative estimate of drug-likeness (QED) is 0.355. The van der Waals surface area contributed by atoms with Crippen LogP contribution in [-0.2, 0) is 11.2 Å². The summed E-state index contributed by atoms with van der Waals surface area (Å²) in [5, 5.41) is 7.10. The molecule has 0 atom stereocenters. The molecule has 0 aliphatic heterocycles. The van der Waals surface area contributed by atoms with Gasteiger partial charge >= 0.3 is 0 Å². The average molecular weight is 435 g/mol. The molecule has 0 radical (unpaired) electrons. The number of amides is 1. The second kappa shape index (κ2) is 9.36. The van der Waals surface area contributed by atoms with E-state index in [1.54, 1.807) is 18.4 Å². The minimum absolute atomic E-state index is 0.110. The standard InChI is InChI=1S/C27H21N3O3/c31-27(25(19-10-3-1-4-11-19)20-12-5-2-6-13-20)28-22-15-8-7-14-21(22)18-24-29-26(30-33-24)23-16-9-17-32-23/h1-17,25H,18H2,(H,28,31). The smallest absolute Gasteiger partial charge is 0.238 e. The fourth-order valence-corrected chi connectivity index (χ4v) is 3.78. The zero-order valence-electron chi connectivity index (χ0n) is 17.7. The van der Waals surface area contributed by atoms with Crippen LogP contribution in [0.25, 0.3) is 11.6 Å². The van der Waals surface area contributed by atoms with Gasteiger partial charge in [0.25, 0.3) is 0 Å². The predicted octanol–water partition coefficient (Wildman–Crippen LogP) is 5.69. The molecule has 6 nitrogen and oxygen atoms in total. The summed E-state index contributed by atoms with van der Waals surface area (Å²) in [4.78, 5) is 17.9. The van der Waals surface area contributed by atoms with Crippen molar-refractivity contribution in [1.82, 2.24) is 10.1 Å². The molecule has 0 aliphatic rings. The highest BCUT2D eigenvalue weighted by molar-refractivity contribution is 5.98. The third-order valence-corrected chi connectivity index (χ3v) is 5.35. The summed E-state index contributed by atoms with van der Waals surface area (Å²) < 4.78 is 10.7. The molecular formula is C27H21N3O3. The van der Waals surface area contributed by atoms with Crippen LogP contribution in [0.3, 0.4) is 0 Å². The fraction of sp³-hybridized carbons (Fsp3) is 0.0741. The highest BCUT2D eigenvalue weighted by Crippen LogP contribution is 2.28. The van der Waals surface area contributed by atoms with E-state index in [-0.39, 0.29) is 5.91 Å². The van der Waals surface area contributed by atoms with Crippen molar-refractivity contribution in [3.63, 3.8) is 0 Å². The third kappa shape index (κ3) is 4.60. The molecule has 2 heterocycles. The van der Waals surface area contributed by atoms with Gasteiger partial charge in [-0.3, -0.25) is 4.79 Å². The number of hydrogen-bond donors (Lipinski definition) is 1. The molecule has 5 aromatic rings. The molecule has 0 spiro atoms.